The summed E-state index contributed by atoms with van der Waals surface area (Å²) in [5.41, 5.74) is 0.837. The van der Waals surface area contributed by atoms with E-state index < -0.39 is 11.6 Å². The number of aromatic nitrogens is 3. The standard InChI is InChI=1S/C21H16F2N4OS2/c22-15-8-9-18(17(23)11-15)27-20(14-5-2-1-3-6-14)25-26-21(27)30-13-19(28)24-12-16-7-4-10-29-16/h1-11H,12-13H2,(H,24,28). The molecule has 2 aromatic heterocycles. The van der Waals surface area contributed by atoms with Crippen molar-refractivity contribution in [3.05, 3.63) is 82.6 Å². The summed E-state index contributed by atoms with van der Waals surface area (Å²) in [7, 11) is 0. The van der Waals surface area contributed by atoms with Gasteiger partial charge in [-0.05, 0) is 23.6 Å². The lowest BCUT2D eigenvalue weighted by Gasteiger charge is -2.11. The first kappa shape index (κ1) is 20.2. The maximum Gasteiger partial charge on any atom is 0.230 e. The first-order valence-electron chi connectivity index (χ1n) is 9.00. The van der Waals surface area contributed by atoms with Gasteiger partial charge >= 0.3 is 0 Å². The van der Waals surface area contributed by atoms with Gasteiger partial charge < -0.3 is 5.32 Å². The Labute approximate surface area is 179 Å². The van der Waals surface area contributed by atoms with Gasteiger partial charge in [-0.25, -0.2) is 8.78 Å². The van der Waals surface area contributed by atoms with E-state index in [4.69, 9.17) is 0 Å². The topological polar surface area (TPSA) is 59.8 Å². The second-order valence-corrected chi connectivity index (χ2v) is 8.22. The normalized spacial score (nSPS) is 10.9. The first-order valence-corrected chi connectivity index (χ1v) is 10.9. The fourth-order valence-corrected chi connectivity index (χ4v) is 4.22. The quantitative estimate of drug-likeness (QED) is 0.422. The lowest BCUT2D eigenvalue weighted by molar-refractivity contribution is -0.118. The average molecular weight is 443 g/mol. The van der Waals surface area contributed by atoms with Gasteiger partial charge in [0.25, 0.3) is 0 Å². The van der Waals surface area contributed by atoms with E-state index in [1.54, 1.807) is 11.3 Å². The molecule has 0 radical (unpaired) electrons. The van der Waals surface area contributed by atoms with Gasteiger partial charge in [-0.15, -0.1) is 21.5 Å². The van der Waals surface area contributed by atoms with Gasteiger partial charge in [-0.3, -0.25) is 9.36 Å². The molecule has 4 aromatic rings. The van der Waals surface area contributed by atoms with Crippen LogP contribution in [0, 0.1) is 11.6 Å². The number of benzene rings is 2. The molecule has 0 saturated carbocycles. The van der Waals surface area contributed by atoms with Gasteiger partial charge in [0.05, 0.1) is 18.0 Å². The van der Waals surface area contributed by atoms with Crippen LogP contribution in [-0.4, -0.2) is 26.4 Å². The zero-order chi connectivity index (χ0) is 20.9. The third-order valence-corrected chi connectivity index (χ3v) is 5.99. The molecule has 2 heterocycles. The maximum atomic E-state index is 14.6. The molecular weight excluding hydrogens is 426 g/mol. The third kappa shape index (κ3) is 4.58. The fourth-order valence-electron chi connectivity index (χ4n) is 2.80. The summed E-state index contributed by atoms with van der Waals surface area (Å²) in [4.78, 5) is 13.3. The van der Waals surface area contributed by atoms with E-state index in [2.05, 4.69) is 15.5 Å². The molecule has 0 fully saturated rings. The summed E-state index contributed by atoms with van der Waals surface area (Å²) in [6.45, 7) is 0.450. The highest BCUT2D eigenvalue weighted by molar-refractivity contribution is 7.99. The van der Waals surface area contributed by atoms with E-state index >= 15 is 0 Å². The first-order chi connectivity index (χ1) is 14.6. The summed E-state index contributed by atoms with van der Waals surface area (Å²) in [5, 5.41) is 13.5. The molecule has 5 nitrogen and oxygen atoms in total. The molecule has 0 spiro atoms. The van der Waals surface area contributed by atoms with Crippen LogP contribution in [0.1, 0.15) is 4.88 Å². The number of hydrogen-bond donors (Lipinski definition) is 1. The van der Waals surface area contributed by atoms with Crippen LogP contribution in [0.2, 0.25) is 0 Å². The van der Waals surface area contributed by atoms with Crippen molar-refractivity contribution in [3.63, 3.8) is 0 Å². The molecule has 0 atom stereocenters. The SMILES string of the molecule is O=C(CSc1nnc(-c2ccccc2)n1-c1ccc(F)cc1F)NCc1cccs1. The van der Waals surface area contributed by atoms with E-state index in [1.165, 1.54) is 16.7 Å². The van der Waals surface area contributed by atoms with Crippen molar-refractivity contribution in [2.75, 3.05) is 5.75 Å². The Balaban J connectivity index is 1.59. The van der Waals surface area contributed by atoms with Crippen molar-refractivity contribution in [2.45, 2.75) is 11.7 Å². The Bertz CT molecular complexity index is 1150. The zero-order valence-corrected chi connectivity index (χ0v) is 17.2. The smallest absolute Gasteiger partial charge is 0.230 e. The Hall–Kier alpha value is -3.04. The van der Waals surface area contributed by atoms with Crippen molar-refractivity contribution < 1.29 is 13.6 Å². The molecule has 2 aromatic carbocycles. The van der Waals surface area contributed by atoms with Gasteiger partial charge in [0.2, 0.25) is 5.91 Å². The Morgan fingerprint density at radius 3 is 2.63 bits per heavy atom. The Kier molecular flexibility index (Phi) is 6.20. The van der Waals surface area contributed by atoms with Crippen LogP contribution in [0.15, 0.2) is 71.2 Å². The van der Waals surface area contributed by atoms with E-state index in [1.807, 2.05) is 47.8 Å². The number of nitrogens with zero attached hydrogens (tertiary/aromatic N) is 3. The molecule has 1 N–H and O–H groups in total. The van der Waals surface area contributed by atoms with Gasteiger partial charge in [0.1, 0.15) is 11.6 Å². The number of carbonyl (C=O) groups excluding carboxylic acids is 1. The van der Waals surface area contributed by atoms with Gasteiger partial charge in [0.15, 0.2) is 11.0 Å². The molecule has 0 unspecified atom stereocenters. The van der Waals surface area contributed by atoms with Crippen LogP contribution < -0.4 is 5.32 Å². The van der Waals surface area contributed by atoms with Crippen molar-refractivity contribution in [1.82, 2.24) is 20.1 Å². The minimum atomic E-state index is -0.740. The molecule has 0 bridgehead atoms. The predicted octanol–water partition coefficient (Wildman–Crippen LogP) is 4.68. The molecule has 0 aliphatic rings. The number of halogens is 2. The van der Waals surface area contributed by atoms with E-state index in [0.717, 1.165) is 28.3 Å². The second-order valence-electron chi connectivity index (χ2n) is 6.25. The van der Waals surface area contributed by atoms with Crippen molar-refractivity contribution in [1.29, 1.82) is 0 Å². The Morgan fingerprint density at radius 2 is 1.90 bits per heavy atom. The van der Waals surface area contributed by atoms with E-state index in [0.29, 0.717) is 17.5 Å². The fraction of sp³-hybridized carbons (Fsp3) is 0.0952. The highest BCUT2D eigenvalue weighted by Crippen LogP contribution is 2.29. The number of carbonyl (C=O) groups is 1. The number of amides is 1. The van der Waals surface area contributed by atoms with Crippen LogP contribution >= 0.6 is 23.1 Å². The highest BCUT2D eigenvalue weighted by atomic mass is 32.2. The second kappa shape index (κ2) is 9.19. The minimum Gasteiger partial charge on any atom is -0.350 e. The summed E-state index contributed by atoms with van der Waals surface area (Å²) in [6.07, 6.45) is 0. The van der Waals surface area contributed by atoms with Gasteiger partial charge in [-0.1, -0.05) is 48.2 Å². The summed E-state index contributed by atoms with van der Waals surface area (Å²) < 4.78 is 29.5. The van der Waals surface area contributed by atoms with Crippen molar-refractivity contribution in [2.24, 2.45) is 0 Å². The van der Waals surface area contributed by atoms with Crippen LogP contribution in [-0.2, 0) is 11.3 Å². The molecule has 0 aliphatic heterocycles. The average Bonchev–Trinajstić information content (AvgIpc) is 3.41. The van der Waals surface area contributed by atoms with Crippen LogP contribution in [0.25, 0.3) is 17.1 Å². The minimum absolute atomic E-state index is 0.0844. The molecule has 9 heteroatoms. The molecule has 152 valence electrons. The third-order valence-electron chi connectivity index (χ3n) is 4.19. The molecule has 1 amide bonds. The maximum absolute atomic E-state index is 14.6. The molecule has 0 saturated heterocycles. The van der Waals surface area contributed by atoms with Gasteiger partial charge in [-0.2, -0.15) is 0 Å². The van der Waals surface area contributed by atoms with E-state index in [-0.39, 0.29) is 17.3 Å². The number of hydrogen-bond acceptors (Lipinski definition) is 5. The molecule has 0 aliphatic carbocycles. The predicted molar refractivity (Wildman–Crippen MR) is 114 cm³/mol. The lowest BCUT2D eigenvalue weighted by atomic mass is 10.2. The Morgan fingerprint density at radius 1 is 1.07 bits per heavy atom. The number of thioether (sulfide) groups is 1. The number of thiophene rings is 1. The van der Waals surface area contributed by atoms with Crippen molar-refractivity contribution in [3.8, 4) is 17.1 Å². The highest BCUT2D eigenvalue weighted by Gasteiger charge is 2.20. The molecular formula is C21H16F2N4OS2. The zero-order valence-electron chi connectivity index (χ0n) is 15.6. The summed E-state index contributed by atoms with van der Waals surface area (Å²) in [5.74, 6) is -1.10. The monoisotopic (exact) mass is 442 g/mol. The summed E-state index contributed by atoms with van der Waals surface area (Å²) in [6, 6.07) is 16.4. The summed E-state index contributed by atoms with van der Waals surface area (Å²) >= 11 is 2.70. The molecule has 4 rings (SSSR count). The van der Waals surface area contributed by atoms with E-state index in [9.17, 15) is 13.6 Å². The lowest BCUT2D eigenvalue weighted by Crippen LogP contribution is -2.24. The molecule has 30 heavy (non-hydrogen) atoms. The van der Waals surface area contributed by atoms with Crippen molar-refractivity contribution >= 4 is 29.0 Å². The van der Waals surface area contributed by atoms with Crippen LogP contribution in [0.5, 0.6) is 0 Å². The van der Waals surface area contributed by atoms with Crippen LogP contribution in [0.4, 0.5) is 8.78 Å². The van der Waals surface area contributed by atoms with Gasteiger partial charge in [0, 0.05) is 16.5 Å². The largest absolute Gasteiger partial charge is 0.350 e. The number of nitrogens with one attached hydrogen (secondary N) is 1. The van der Waals surface area contributed by atoms with Crippen LogP contribution in [0.3, 0.4) is 0 Å². The number of rotatable bonds is 7.